The van der Waals surface area contributed by atoms with Gasteiger partial charge in [-0.2, -0.15) is 0 Å². The number of aryl methyl sites for hydroxylation is 1. The zero-order valence-corrected chi connectivity index (χ0v) is 13.8. The molecule has 2 rings (SSSR count). The van der Waals surface area contributed by atoms with Crippen LogP contribution in [0.2, 0.25) is 0 Å². The first-order valence-corrected chi connectivity index (χ1v) is 7.89. The van der Waals surface area contributed by atoms with Crippen LogP contribution in [0.4, 0.5) is 0 Å². The molecule has 1 N–H and O–H groups in total. The maximum absolute atomic E-state index is 5.88. The third-order valence-electron chi connectivity index (χ3n) is 4.13. The number of nitrogens with zero attached hydrogens (tertiary/aromatic N) is 1. The van der Waals surface area contributed by atoms with Gasteiger partial charge >= 0.3 is 0 Å². The molecular formula is C17H30N2O. The Balaban J connectivity index is 1.90. The van der Waals surface area contributed by atoms with Crippen LogP contribution in [0, 0.1) is 12.8 Å². The summed E-state index contributed by atoms with van der Waals surface area (Å²) in [7, 11) is 0. The second-order valence-electron chi connectivity index (χ2n) is 7.36. The Labute approximate surface area is 123 Å². The van der Waals surface area contributed by atoms with Crippen molar-refractivity contribution in [3.8, 4) is 0 Å². The Morgan fingerprint density at radius 2 is 1.95 bits per heavy atom. The van der Waals surface area contributed by atoms with Crippen LogP contribution in [0.3, 0.4) is 0 Å². The lowest BCUT2D eigenvalue weighted by molar-refractivity contribution is 0.184. The van der Waals surface area contributed by atoms with Crippen molar-refractivity contribution in [3.63, 3.8) is 0 Å². The highest BCUT2D eigenvalue weighted by Crippen LogP contribution is 2.21. The molecule has 3 heteroatoms. The van der Waals surface area contributed by atoms with Crippen LogP contribution in [0.15, 0.2) is 10.5 Å². The Bertz CT molecular complexity index is 423. The first kappa shape index (κ1) is 15.6. The Hall–Kier alpha value is -0.800. The van der Waals surface area contributed by atoms with Crippen molar-refractivity contribution in [3.05, 3.63) is 23.2 Å². The van der Waals surface area contributed by atoms with Crippen LogP contribution >= 0.6 is 0 Å². The first-order chi connectivity index (χ1) is 9.33. The zero-order chi connectivity index (χ0) is 14.8. The van der Waals surface area contributed by atoms with E-state index < -0.39 is 0 Å². The number of likely N-dealkylation sites (tertiary alicyclic amines) is 1. The molecule has 0 aliphatic carbocycles. The summed E-state index contributed by atoms with van der Waals surface area (Å²) in [5, 5.41) is 3.48. The average Bonchev–Trinajstić information content (AvgIpc) is 2.70. The minimum atomic E-state index is 0.129. The third-order valence-corrected chi connectivity index (χ3v) is 4.13. The lowest BCUT2D eigenvalue weighted by atomic mass is 9.99. The van der Waals surface area contributed by atoms with Gasteiger partial charge in [0, 0.05) is 17.6 Å². The second-order valence-corrected chi connectivity index (χ2v) is 7.36. The maximum atomic E-state index is 5.88. The van der Waals surface area contributed by atoms with Crippen LogP contribution in [-0.2, 0) is 13.1 Å². The number of rotatable bonds is 4. The molecule has 1 aliphatic heterocycles. The predicted octanol–water partition coefficient (Wildman–Crippen LogP) is 3.71. The van der Waals surface area contributed by atoms with E-state index in [9.17, 15) is 0 Å². The molecule has 1 aromatic rings. The molecule has 1 fully saturated rings. The Kier molecular flexibility index (Phi) is 4.92. The van der Waals surface area contributed by atoms with Gasteiger partial charge in [0.2, 0.25) is 0 Å². The lowest BCUT2D eigenvalue weighted by Crippen LogP contribution is -2.34. The lowest BCUT2D eigenvalue weighted by Gasteiger charge is -2.29. The van der Waals surface area contributed by atoms with Gasteiger partial charge in [-0.05, 0) is 65.6 Å². The quantitative estimate of drug-likeness (QED) is 0.910. The molecule has 0 spiro atoms. The van der Waals surface area contributed by atoms with Gasteiger partial charge in [-0.3, -0.25) is 4.90 Å². The summed E-state index contributed by atoms with van der Waals surface area (Å²) in [6.07, 6.45) is 2.66. The van der Waals surface area contributed by atoms with Crippen LogP contribution in [0.25, 0.3) is 0 Å². The minimum absolute atomic E-state index is 0.129. The summed E-state index contributed by atoms with van der Waals surface area (Å²) in [5.41, 5.74) is 1.48. The van der Waals surface area contributed by atoms with E-state index in [2.05, 4.69) is 50.9 Å². The molecule has 0 bridgehead atoms. The van der Waals surface area contributed by atoms with E-state index in [4.69, 9.17) is 4.42 Å². The van der Waals surface area contributed by atoms with Crippen LogP contribution in [0.1, 0.15) is 57.6 Å². The fourth-order valence-corrected chi connectivity index (χ4v) is 2.65. The summed E-state index contributed by atoms with van der Waals surface area (Å²) in [6.45, 7) is 15.3. The van der Waals surface area contributed by atoms with E-state index >= 15 is 0 Å². The van der Waals surface area contributed by atoms with Crippen molar-refractivity contribution in [2.24, 2.45) is 5.92 Å². The molecule has 20 heavy (non-hydrogen) atoms. The van der Waals surface area contributed by atoms with E-state index in [-0.39, 0.29) is 5.54 Å². The molecule has 3 nitrogen and oxygen atoms in total. The van der Waals surface area contributed by atoms with Crippen molar-refractivity contribution in [1.29, 1.82) is 0 Å². The zero-order valence-electron chi connectivity index (χ0n) is 13.8. The molecule has 1 saturated heterocycles. The molecule has 0 atom stereocenters. The van der Waals surface area contributed by atoms with E-state index in [1.54, 1.807) is 0 Å². The van der Waals surface area contributed by atoms with E-state index in [1.807, 2.05) is 0 Å². The summed E-state index contributed by atoms with van der Waals surface area (Å²) in [5.74, 6) is 3.02. The summed E-state index contributed by atoms with van der Waals surface area (Å²) >= 11 is 0. The standard InChI is InChI=1S/C17H30N2O/c1-13-6-8-19(9-7-13)12-15-10-16(20-14(15)2)11-18-17(3,4)5/h10,13,18H,6-9,11-12H2,1-5H3. The molecular weight excluding hydrogens is 248 g/mol. The molecule has 1 aromatic heterocycles. The second kappa shape index (κ2) is 6.31. The van der Waals surface area contributed by atoms with Gasteiger partial charge in [0.1, 0.15) is 11.5 Å². The third kappa shape index (κ3) is 4.64. The largest absolute Gasteiger partial charge is 0.465 e. The molecule has 0 unspecified atom stereocenters. The van der Waals surface area contributed by atoms with Crippen LogP contribution in [-0.4, -0.2) is 23.5 Å². The van der Waals surface area contributed by atoms with Gasteiger partial charge in [0.25, 0.3) is 0 Å². The molecule has 114 valence electrons. The number of hydrogen-bond acceptors (Lipinski definition) is 3. The van der Waals surface area contributed by atoms with Crippen molar-refractivity contribution in [1.82, 2.24) is 10.2 Å². The summed E-state index contributed by atoms with van der Waals surface area (Å²) in [6, 6.07) is 2.23. The topological polar surface area (TPSA) is 28.4 Å². The monoisotopic (exact) mass is 278 g/mol. The van der Waals surface area contributed by atoms with Crippen LogP contribution in [0.5, 0.6) is 0 Å². The van der Waals surface area contributed by atoms with Gasteiger partial charge in [0.05, 0.1) is 6.54 Å². The summed E-state index contributed by atoms with van der Waals surface area (Å²) < 4.78 is 5.88. The number of hydrogen-bond donors (Lipinski definition) is 1. The minimum Gasteiger partial charge on any atom is -0.465 e. The van der Waals surface area contributed by atoms with E-state index in [1.165, 1.54) is 31.5 Å². The van der Waals surface area contributed by atoms with Gasteiger partial charge < -0.3 is 9.73 Å². The Morgan fingerprint density at radius 3 is 2.55 bits per heavy atom. The maximum Gasteiger partial charge on any atom is 0.118 e. The van der Waals surface area contributed by atoms with Gasteiger partial charge in [-0.1, -0.05) is 6.92 Å². The molecule has 2 heterocycles. The van der Waals surface area contributed by atoms with E-state index in [0.717, 1.165) is 30.5 Å². The molecule has 0 aromatic carbocycles. The van der Waals surface area contributed by atoms with Crippen molar-refractivity contribution >= 4 is 0 Å². The van der Waals surface area contributed by atoms with Gasteiger partial charge in [-0.15, -0.1) is 0 Å². The smallest absolute Gasteiger partial charge is 0.118 e. The van der Waals surface area contributed by atoms with Crippen molar-refractivity contribution < 1.29 is 4.42 Å². The van der Waals surface area contributed by atoms with Gasteiger partial charge in [-0.25, -0.2) is 0 Å². The fraction of sp³-hybridized carbons (Fsp3) is 0.765. The highest BCUT2D eigenvalue weighted by atomic mass is 16.3. The van der Waals surface area contributed by atoms with Crippen molar-refractivity contribution in [2.75, 3.05) is 13.1 Å². The summed E-state index contributed by atoms with van der Waals surface area (Å²) in [4.78, 5) is 2.55. The predicted molar refractivity (Wildman–Crippen MR) is 83.7 cm³/mol. The molecule has 0 amide bonds. The van der Waals surface area contributed by atoms with Gasteiger partial charge in [0.15, 0.2) is 0 Å². The van der Waals surface area contributed by atoms with Crippen LogP contribution < -0.4 is 5.32 Å². The molecule has 0 saturated carbocycles. The SMILES string of the molecule is Cc1oc(CNC(C)(C)C)cc1CN1CCC(C)CC1. The number of furan rings is 1. The Morgan fingerprint density at radius 1 is 1.30 bits per heavy atom. The highest BCUT2D eigenvalue weighted by molar-refractivity contribution is 5.21. The first-order valence-electron chi connectivity index (χ1n) is 7.89. The normalized spacial score (nSPS) is 18.6. The van der Waals surface area contributed by atoms with Crippen molar-refractivity contribution in [2.45, 2.75) is 66.1 Å². The molecule has 0 radical (unpaired) electrons. The fourth-order valence-electron chi connectivity index (χ4n) is 2.65. The number of piperidine rings is 1. The number of nitrogens with one attached hydrogen (secondary N) is 1. The highest BCUT2D eigenvalue weighted by Gasteiger charge is 2.18. The average molecular weight is 278 g/mol. The van der Waals surface area contributed by atoms with E-state index in [0.29, 0.717) is 0 Å². The molecule has 1 aliphatic rings.